The molecule has 0 spiro atoms. The first-order chi connectivity index (χ1) is 8.93. The minimum atomic E-state index is -2.35. The predicted octanol–water partition coefficient (Wildman–Crippen LogP) is 1.95. The van der Waals surface area contributed by atoms with Gasteiger partial charge in [0.15, 0.2) is 0 Å². The van der Waals surface area contributed by atoms with E-state index in [0.717, 1.165) is 19.3 Å². The maximum Gasteiger partial charge on any atom is 0.251 e. The third kappa shape index (κ3) is 5.71. The molecule has 0 aromatic carbocycles. The smallest absolute Gasteiger partial charge is 0.251 e. The third-order valence-corrected chi connectivity index (χ3v) is 4.33. The number of nitrogens with two attached hydrogens (primary N) is 1. The lowest BCUT2D eigenvalue weighted by molar-refractivity contribution is 0.0562. The normalized spacial score (nSPS) is 28.6. The van der Waals surface area contributed by atoms with Gasteiger partial charge in [-0.3, -0.25) is 4.90 Å². The molecule has 1 saturated carbocycles. The second-order valence-corrected chi connectivity index (χ2v) is 6.12. The van der Waals surface area contributed by atoms with Crippen molar-refractivity contribution in [2.24, 2.45) is 23.5 Å². The van der Waals surface area contributed by atoms with Crippen LogP contribution in [-0.2, 0) is 0 Å². The fourth-order valence-corrected chi connectivity index (χ4v) is 3.06. The van der Waals surface area contributed by atoms with Gasteiger partial charge in [-0.15, -0.1) is 0 Å². The molecule has 3 unspecified atom stereocenters. The number of aliphatic hydroxyl groups excluding tert-OH is 1. The summed E-state index contributed by atoms with van der Waals surface area (Å²) in [6.45, 7) is 4.96. The number of nitrogens with zero attached hydrogens (tertiary/aromatic N) is 1. The van der Waals surface area contributed by atoms with Crippen molar-refractivity contribution in [2.45, 2.75) is 45.6 Å². The van der Waals surface area contributed by atoms with Crippen LogP contribution in [0.3, 0.4) is 0 Å². The van der Waals surface area contributed by atoms with Gasteiger partial charge in [-0.1, -0.05) is 13.8 Å². The Morgan fingerprint density at radius 2 is 2.00 bits per heavy atom. The van der Waals surface area contributed by atoms with Crippen LogP contribution in [0.2, 0.25) is 0 Å². The maximum atomic E-state index is 12.5. The molecular formula is C14H28F2N2O. The summed E-state index contributed by atoms with van der Waals surface area (Å²) < 4.78 is 25.0. The van der Waals surface area contributed by atoms with Gasteiger partial charge >= 0.3 is 0 Å². The highest BCUT2D eigenvalue weighted by atomic mass is 19.3. The Morgan fingerprint density at radius 1 is 1.32 bits per heavy atom. The first-order valence-corrected chi connectivity index (χ1v) is 7.31. The number of alkyl halides is 2. The molecule has 0 amide bonds. The van der Waals surface area contributed by atoms with Gasteiger partial charge in [0, 0.05) is 19.1 Å². The molecule has 3 N–H and O–H groups in total. The standard InChI is InChI=1S/C14H28F2N2O/c1-10(2)11-3-4-13(17)12(7-11)8-18(5-6-19)9-14(15)16/h10-14,19H,3-9,17H2,1-2H3. The highest BCUT2D eigenvalue weighted by Gasteiger charge is 2.31. The minimum absolute atomic E-state index is 0.0811. The lowest BCUT2D eigenvalue weighted by atomic mass is 9.73. The quantitative estimate of drug-likeness (QED) is 0.748. The second kappa shape index (κ2) is 8.12. The second-order valence-electron chi connectivity index (χ2n) is 6.12. The number of hydrogen-bond acceptors (Lipinski definition) is 3. The SMILES string of the molecule is CC(C)C1CCC(N)C(CN(CCO)CC(F)F)C1. The third-order valence-electron chi connectivity index (χ3n) is 4.33. The molecule has 19 heavy (non-hydrogen) atoms. The molecule has 5 heteroatoms. The van der Waals surface area contributed by atoms with Gasteiger partial charge in [0.05, 0.1) is 13.2 Å². The van der Waals surface area contributed by atoms with E-state index in [9.17, 15) is 8.78 Å². The Morgan fingerprint density at radius 3 is 2.53 bits per heavy atom. The Bertz CT molecular complexity index is 252. The predicted molar refractivity (Wildman–Crippen MR) is 73.2 cm³/mol. The van der Waals surface area contributed by atoms with E-state index in [2.05, 4.69) is 13.8 Å². The molecule has 0 aromatic rings. The molecule has 1 aliphatic rings. The Kier molecular flexibility index (Phi) is 7.18. The lowest BCUT2D eigenvalue weighted by Crippen LogP contribution is -2.45. The zero-order valence-electron chi connectivity index (χ0n) is 12.1. The van der Waals surface area contributed by atoms with Gasteiger partial charge in [-0.2, -0.15) is 0 Å². The van der Waals surface area contributed by atoms with E-state index in [4.69, 9.17) is 10.8 Å². The van der Waals surface area contributed by atoms with Crippen molar-refractivity contribution in [3.63, 3.8) is 0 Å². The van der Waals surface area contributed by atoms with Crippen molar-refractivity contribution in [3.8, 4) is 0 Å². The van der Waals surface area contributed by atoms with E-state index in [1.54, 1.807) is 4.90 Å². The molecule has 1 fully saturated rings. The Balaban J connectivity index is 2.54. The van der Waals surface area contributed by atoms with Crippen LogP contribution in [0.4, 0.5) is 8.78 Å². The van der Waals surface area contributed by atoms with Gasteiger partial charge in [0.2, 0.25) is 0 Å². The van der Waals surface area contributed by atoms with Crippen molar-refractivity contribution < 1.29 is 13.9 Å². The van der Waals surface area contributed by atoms with E-state index < -0.39 is 6.43 Å². The highest BCUT2D eigenvalue weighted by Crippen LogP contribution is 2.33. The van der Waals surface area contributed by atoms with Crippen molar-refractivity contribution in [1.82, 2.24) is 4.90 Å². The topological polar surface area (TPSA) is 49.5 Å². The summed E-state index contributed by atoms with van der Waals surface area (Å²) in [5.74, 6) is 1.54. The number of halogens is 2. The van der Waals surface area contributed by atoms with Crippen LogP contribution in [0.1, 0.15) is 33.1 Å². The van der Waals surface area contributed by atoms with Crippen LogP contribution in [0.15, 0.2) is 0 Å². The van der Waals surface area contributed by atoms with Gasteiger partial charge in [-0.05, 0) is 37.0 Å². The van der Waals surface area contributed by atoms with E-state index in [1.165, 1.54) is 0 Å². The van der Waals surface area contributed by atoms with Crippen molar-refractivity contribution in [1.29, 1.82) is 0 Å². The molecule has 3 atom stereocenters. The molecule has 114 valence electrons. The van der Waals surface area contributed by atoms with Gasteiger partial charge in [0.25, 0.3) is 6.43 Å². The van der Waals surface area contributed by atoms with Crippen LogP contribution >= 0.6 is 0 Å². The number of rotatable bonds is 7. The summed E-state index contributed by atoms with van der Waals surface area (Å²) in [6.07, 6.45) is 0.788. The first-order valence-electron chi connectivity index (χ1n) is 7.31. The van der Waals surface area contributed by atoms with Crippen LogP contribution < -0.4 is 5.73 Å². The fraction of sp³-hybridized carbons (Fsp3) is 1.00. The molecule has 1 rings (SSSR count). The largest absolute Gasteiger partial charge is 0.395 e. The summed E-state index contributed by atoms with van der Waals surface area (Å²) in [4.78, 5) is 1.65. The average Bonchev–Trinajstić information content (AvgIpc) is 2.31. The highest BCUT2D eigenvalue weighted by molar-refractivity contribution is 4.85. The van der Waals surface area contributed by atoms with Crippen LogP contribution in [0.25, 0.3) is 0 Å². The zero-order chi connectivity index (χ0) is 14.4. The molecule has 0 aromatic heterocycles. The summed E-state index contributed by atoms with van der Waals surface area (Å²) in [7, 11) is 0. The maximum absolute atomic E-state index is 12.5. The van der Waals surface area contributed by atoms with E-state index in [0.29, 0.717) is 24.9 Å². The molecule has 1 aliphatic carbocycles. The summed E-state index contributed by atoms with van der Waals surface area (Å²) in [6, 6.07) is 0.105. The molecule has 0 radical (unpaired) electrons. The Labute approximate surface area is 115 Å². The van der Waals surface area contributed by atoms with Crippen molar-refractivity contribution in [3.05, 3.63) is 0 Å². The molecule has 0 heterocycles. The summed E-state index contributed by atoms with van der Waals surface area (Å²) in [5, 5.41) is 8.97. The average molecular weight is 278 g/mol. The zero-order valence-corrected chi connectivity index (χ0v) is 12.1. The summed E-state index contributed by atoms with van der Waals surface area (Å²) >= 11 is 0. The van der Waals surface area contributed by atoms with Crippen LogP contribution in [0.5, 0.6) is 0 Å². The van der Waals surface area contributed by atoms with Gasteiger partial charge in [-0.25, -0.2) is 8.78 Å². The molecule has 3 nitrogen and oxygen atoms in total. The van der Waals surface area contributed by atoms with Crippen LogP contribution in [-0.4, -0.2) is 48.7 Å². The van der Waals surface area contributed by atoms with E-state index in [1.807, 2.05) is 0 Å². The fourth-order valence-electron chi connectivity index (χ4n) is 3.06. The summed E-state index contributed by atoms with van der Waals surface area (Å²) in [5.41, 5.74) is 6.14. The van der Waals surface area contributed by atoms with Crippen molar-refractivity contribution in [2.75, 3.05) is 26.2 Å². The molecule has 0 aliphatic heterocycles. The monoisotopic (exact) mass is 278 g/mol. The van der Waals surface area contributed by atoms with Gasteiger partial charge in [0.1, 0.15) is 0 Å². The first kappa shape index (κ1) is 16.8. The van der Waals surface area contributed by atoms with E-state index >= 15 is 0 Å². The number of hydrogen-bond donors (Lipinski definition) is 2. The Hall–Kier alpha value is -0.260. The lowest BCUT2D eigenvalue weighted by Gasteiger charge is -2.38. The van der Waals surface area contributed by atoms with Crippen LogP contribution in [0, 0.1) is 17.8 Å². The minimum Gasteiger partial charge on any atom is -0.395 e. The van der Waals surface area contributed by atoms with Crippen molar-refractivity contribution >= 4 is 0 Å². The van der Waals surface area contributed by atoms with Gasteiger partial charge < -0.3 is 10.8 Å². The number of aliphatic hydroxyl groups is 1. The van der Waals surface area contributed by atoms with E-state index in [-0.39, 0.29) is 25.1 Å². The molecular weight excluding hydrogens is 250 g/mol. The molecule has 0 saturated heterocycles. The molecule has 0 bridgehead atoms.